The maximum absolute atomic E-state index is 14.1. The molecule has 0 bridgehead atoms. The highest BCUT2D eigenvalue weighted by Crippen LogP contribution is 2.32. The SMILES string of the molecule is Cc1cccc2ccnc(N(C(=O)c3ccc(Nc4nccc(CN5CCC(F)(F)CC5)n4)cc3)[C@@H]3CCCNC3)c12. The lowest BCUT2D eigenvalue weighted by atomic mass is 10.0. The Hall–Kier alpha value is -4.02. The fraction of sp³-hybridized carbons (Fsp3) is 0.375. The number of halogens is 2. The number of nitrogens with zero attached hydrogens (tertiary/aromatic N) is 5. The number of anilines is 3. The van der Waals surface area contributed by atoms with Gasteiger partial charge >= 0.3 is 0 Å². The normalized spacial score (nSPS) is 19.0. The number of rotatable bonds is 7. The number of aryl methyl sites for hydroxylation is 1. The molecular formula is C32H35F2N7O. The molecule has 0 saturated carbocycles. The first-order valence-electron chi connectivity index (χ1n) is 14.5. The van der Waals surface area contributed by atoms with Crippen LogP contribution in [0.2, 0.25) is 0 Å². The van der Waals surface area contributed by atoms with Gasteiger partial charge in [-0.15, -0.1) is 0 Å². The van der Waals surface area contributed by atoms with Gasteiger partial charge in [-0.2, -0.15) is 0 Å². The Balaban J connectivity index is 1.20. The molecule has 1 amide bonds. The number of fused-ring (bicyclic) bond motifs is 1. The second-order valence-electron chi connectivity index (χ2n) is 11.2. The highest BCUT2D eigenvalue weighted by Gasteiger charge is 2.34. The number of hydrogen-bond donors (Lipinski definition) is 2. The number of aromatic nitrogens is 3. The maximum Gasteiger partial charge on any atom is 0.259 e. The molecule has 2 aromatic carbocycles. The van der Waals surface area contributed by atoms with E-state index in [4.69, 9.17) is 4.98 Å². The summed E-state index contributed by atoms with van der Waals surface area (Å²) >= 11 is 0. The van der Waals surface area contributed by atoms with Crippen molar-refractivity contribution in [2.75, 3.05) is 36.4 Å². The van der Waals surface area contributed by atoms with Crippen LogP contribution in [0, 0.1) is 6.92 Å². The number of hydrogen-bond acceptors (Lipinski definition) is 7. The van der Waals surface area contributed by atoms with Gasteiger partial charge in [0, 0.05) is 68.1 Å². The lowest BCUT2D eigenvalue weighted by molar-refractivity contribution is -0.0568. The van der Waals surface area contributed by atoms with Crippen LogP contribution in [-0.4, -0.2) is 63.9 Å². The van der Waals surface area contributed by atoms with Gasteiger partial charge in [0.1, 0.15) is 5.82 Å². The van der Waals surface area contributed by atoms with E-state index in [0.29, 0.717) is 43.5 Å². The van der Waals surface area contributed by atoms with Crippen LogP contribution in [0.3, 0.4) is 0 Å². The zero-order chi connectivity index (χ0) is 29.1. The number of pyridine rings is 1. The Morgan fingerprint density at radius 2 is 1.86 bits per heavy atom. The monoisotopic (exact) mass is 571 g/mol. The Morgan fingerprint density at radius 1 is 1.07 bits per heavy atom. The van der Waals surface area contributed by atoms with Crippen LogP contribution < -0.4 is 15.5 Å². The smallest absolute Gasteiger partial charge is 0.259 e. The molecule has 2 aliphatic rings. The molecule has 2 N–H and O–H groups in total. The number of alkyl halides is 2. The van der Waals surface area contributed by atoms with Gasteiger partial charge in [0.15, 0.2) is 0 Å². The van der Waals surface area contributed by atoms with Gasteiger partial charge in [-0.1, -0.05) is 18.2 Å². The van der Waals surface area contributed by atoms with Crippen LogP contribution in [0.25, 0.3) is 10.8 Å². The molecule has 4 heterocycles. The van der Waals surface area contributed by atoms with E-state index < -0.39 is 5.92 Å². The minimum Gasteiger partial charge on any atom is -0.324 e. The van der Waals surface area contributed by atoms with Crippen molar-refractivity contribution >= 4 is 34.1 Å². The van der Waals surface area contributed by atoms with E-state index in [2.05, 4.69) is 39.7 Å². The lowest BCUT2D eigenvalue weighted by Gasteiger charge is -2.35. The number of carbonyl (C=O) groups excluding carboxylic acids is 1. The van der Waals surface area contributed by atoms with Crippen molar-refractivity contribution in [2.45, 2.75) is 51.1 Å². The van der Waals surface area contributed by atoms with Gasteiger partial charge in [-0.05, 0) is 73.7 Å². The largest absolute Gasteiger partial charge is 0.324 e. The average molecular weight is 572 g/mol. The molecule has 0 aliphatic carbocycles. The first-order chi connectivity index (χ1) is 20.4. The predicted octanol–water partition coefficient (Wildman–Crippen LogP) is 5.71. The standard InChI is InChI=1S/C32H35F2N7O/c1-22-4-2-5-23-11-16-36-29(28(22)23)41(27-6-3-15-35-20-27)30(42)24-7-9-25(10-8-24)38-31-37-17-12-26(39-31)21-40-18-13-32(33,34)14-19-40/h2,4-5,7-12,16-17,27,35H,3,6,13-15,18-21H2,1H3,(H,37,38,39)/t27-/m1/s1. The van der Waals surface area contributed by atoms with Gasteiger partial charge in [0.05, 0.1) is 11.7 Å². The number of piperidine rings is 2. The molecular weight excluding hydrogens is 536 g/mol. The summed E-state index contributed by atoms with van der Waals surface area (Å²) in [4.78, 5) is 31.6. The molecule has 218 valence electrons. The summed E-state index contributed by atoms with van der Waals surface area (Å²) in [6.45, 7) is 4.89. The molecule has 0 unspecified atom stereocenters. The van der Waals surface area contributed by atoms with Crippen LogP contribution >= 0.6 is 0 Å². The molecule has 0 spiro atoms. The average Bonchev–Trinajstić information content (AvgIpc) is 3.00. The van der Waals surface area contributed by atoms with Crippen LogP contribution in [0.1, 0.15) is 47.3 Å². The van der Waals surface area contributed by atoms with Crippen LogP contribution in [0.5, 0.6) is 0 Å². The van der Waals surface area contributed by atoms with E-state index >= 15 is 0 Å². The first-order valence-corrected chi connectivity index (χ1v) is 14.5. The zero-order valence-electron chi connectivity index (χ0n) is 23.7. The Labute approximate surface area is 244 Å². The van der Waals surface area contributed by atoms with E-state index in [-0.39, 0.29) is 24.8 Å². The highest BCUT2D eigenvalue weighted by atomic mass is 19.3. The van der Waals surface area contributed by atoms with E-state index in [1.54, 1.807) is 18.5 Å². The third-order valence-electron chi connectivity index (χ3n) is 8.14. The van der Waals surface area contributed by atoms with Gasteiger partial charge in [0.2, 0.25) is 5.95 Å². The molecule has 1 atom stereocenters. The summed E-state index contributed by atoms with van der Waals surface area (Å²) in [6, 6.07) is 17.2. The van der Waals surface area contributed by atoms with Crippen molar-refractivity contribution in [3.8, 4) is 0 Å². The molecule has 0 radical (unpaired) electrons. The first kappa shape index (κ1) is 28.1. The molecule has 2 aliphatic heterocycles. The molecule has 2 saturated heterocycles. The maximum atomic E-state index is 14.1. The lowest BCUT2D eigenvalue weighted by Crippen LogP contribution is -2.49. The van der Waals surface area contributed by atoms with Gasteiger partial charge in [0.25, 0.3) is 11.8 Å². The highest BCUT2D eigenvalue weighted by molar-refractivity contribution is 6.10. The van der Waals surface area contributed by atoms with Crippen molar-refractivity contribution < 1.29 is 13.6 Å². The fourth-order valence-electron chi connectivity index (χ4n) is 5.83. The number of carbonyl (C=O) groups is 1. The summed E-state index contributed by atoms with van der Waals surface area (Å²) in [5.74, 6) is -1.56. The van der Waals surface area contributed by atoms with Gasteiger partial charge in [-0.3, -0.25) is 14.6 Å². The topological polar surface area (TPSA) is 86.3 Å². The summed E-state index contributed by atoms with van der Waals surface area (Å²) in [5.41, 5.74) is 3.15. The van der Waals surface area contributed by atoms with Crippen molar-refractivity contribution in [1.82, 2.24) is 25.2 Å². The molecule has 10 heteroatoms. The summed E-state index contributed by atoms with van der Waals surface area (Å²) in [5, 5.41) is 8.70. The Kier molecular flexibility index (Phi) is 8.08. The molecule has 8 nitrogen and oxygen atoms in total. The molecule has 2 fully saturated rings. The second-order valence-corrected chi connectivity index (χ2v) is 11.2. The van der Waals surface area contributed by atoms with E-state index in [9.17, 15) is 13.6 Å². The second kappa shape index (κ2) is 12.1. The number of nitrogens with one attached hydrogen (secondary N) is 2. The molecule has 42 heavy (non-hydrogen) atoms. The number of likely N-dealkylation sites (tertiary alicyclic amines) is 1. The van der Waals surface area contributed by atoms with E-state index in [1.807, 2.05) is 46.2 Å². The Morgan fingerprint density at radius 3 is 2.62 bits per heavy atom. The van der Waals surface area contributed by atoms with Crippen molar-refractivity contribution in [1.29, 1.82) is 0 Å². The summed E-state index contributed by atoms with van der Waals surface area (Å²) in [7, 11) is 0. The summed E-state index contributed by atoms with van der Waals surface area (Å²) < 4.78 is 27.0. The Bertz CT molecular complexity index is 1540. The minimum absolute atomic E-state index is 0.0102. The predicted molar refractivity (Wildman–Crippen MR) is 160 cm³/mol. The fourth-order valence-corrected chi connectivity index (χ4v) is 5.83. The quantitative estimate of drug-likeness (QED) is 0.294. The third-order valence-corrected chi connectivity index (χ3v) is 8.14. The van der Waals surface area contributed by atoms with Crippen LogP contribution in [0.4, 0.5) is 26.2 Å². The van der Waals surface area contributed by atoms with Crippen LogP contribution in [-0.2, 0) is 6.54 Å². The zero-order valence-corrected chi connectivity index (χ0v) is 23.7. The van der Waals surface area contributed by atoms with Crippen LogP contribution in [0.15, 0.2) is 67.0 Å². The number of benzene rings is 2. The van der Waals surface area contributed by atoms with E-state index in [0.717, 1.165) is 47.1 Å². The number of amides is 1. The minimum atomic E-state index is -2.57. The van der Waals surface area contributed by atoms with Gasteiger partial charge in [-0.25, -0.2) is 23.7 Å². The van der Waals surface area contributed by atoms with Crippen molar-refractivity contribution in [2.24, 2.45) is 0 Å². The molecule has 2 aromatic heterocycles. The van der Waals surface area contributed by atoms with Crippen molar-refractivity contribution in [3.63, 3.8) is 0 Å². The summed E-state index contributed by atoms with van der Waals surface area (Å²) in [6.07, 6.45) is 5.07. The van der Waals surface area contributed by atoms with Crippen molar-refractivity contribution in [3.05, 3.63) is 83.8 Å². The van der Waals surface area contributed by atoms with Gasteiger partial charge < -0.3 is 10.6 Å². The molecule has 6 rings (SSSR count). The van der Waals surface area contributed by atoms with E-state index in [1.165, 1.54) is 0 Å². The third kappa shape index (κ3) is 6.24. The molecule has 4 aromatic rings.